The highest BCUT2D eigenvalue weighted by Crippen LogP contribution is 2.23. The number of carbonyl (C=O) groups excluding carboxylic acids is 1. The van der Waals surface area contributed by atoms with Crippen LogP contribution >= 0.6 is 11.3 Å². The van der Waals surface area contributed by atoms with E-state index in [1.807, 2.05) is 57.6 Å². The van der Waals surface area contributed by atoms with E-state index >= 15 is 0 Å². The third kappa shape index (κ3) is 3.30. The van der Waals surface area contributed by atoms with Crippen molar-refractivity contribution < 1.29 is 9.53 Å². The van der Waals surface area contributed by atoms with E-state index < -0.39 is 0 Å². The molecule has 0 bridgehead atoms. The van der Waals surface area contributed by atoms with Crippen molar-refractivity contribution in [1.29, 1.82) is 0 Å². The molecule has 0 N–H and O–H groups in total. The molecule has 0 atom stereocenters. The number of aromatic nitrogens is 2. The van der Waals surface area contributed by atoms with Gasteiger partial charge in [0.05, 0.1) is 7.11 Å². The molecule has 4 rings (SSSR count). The Labute approximate surface area is 156 Å². The molecule has 1 aliphatic heterocycles. The van der Waals surface area contributed by atoms with Crippen LogP contribution < -0.4 is 9.64 Å². The van der Waals surface area contributed by atoms with Gasteiger partial charge in [-0.15, -0.1) is 11.3 Å². The minimum absolute atomic E-state index is 0.00458. The number of hydrogen-bond donors (Lipinski definition) is 0. The Balaban J connectivity index is 1.40. The second kappa shape index (κ2) is 7.21. The van der Waals surface area contributed by atoms with Crippen LogP contribution in [0, 0.1) is 0 Å². The van der Waals surface area contributed by atoms with E-state index in [9.17, 15) is 4.79 Å². The normalized spacial score (nSPS) is 14.5. The second-order valence-corrected chi connectivity index (χ2v) is 6.92. The predicted octanol–water partition coefficient (Wildman–Crippen LogP) is 2.90. The maximum atomic E-state index is 12.7. The Morgan fingerprint density at radius 1 is 1.12 bits per heavy atom. The van der Waals surface area contributed by atoms with Gasteiger partial charge in [-0.05, 0) is 24.3 Å². The van der Waals surface area contributed by atoms with Gasteiger partial charge in [-0.2, -0.15) is 0 Å². The van der Waals surface area contributed by atoms with Gasteiger partial charge in [-0.25, -0.2) is 4.98 Å². The molecule has 2 aromatic heterocycles. The molecule has 134 valence electrons. The first kappa shape index (κ1) is 16.7. The van der Waals surface area contributed by atoms with E-state index in [1.54, 1.807) is 7.11 Å². The number of hydrogen-bond acceptors (Lipinski definition) is 5. The van der Waals surface area contributed by atoms with Gasteiger partial charge in [0.2, 0.25) is 0 Å². The lowest BCUT2D eigenvalue weighted by Gasteiger charge is -2.35. The van der Waals surface area contributed by atoms with Gasteiger partial charge >= 0.3 is 0 Å². The van der Waals surface area contributed by atoms with Crippen molar-refractivity contribution in [3.63, 3.8) is 0 Å². The fourth-order valence-electron chi connectivity index (χ4n) is 3.08. The summed E-state index contributed by atoms with van der Waals surface area (Å²) in [6.45, 7) is 2.97. The lowest BCUT2D eigenvalue weighted by atomic mass is 10.2. The minimum atomic E-state index is 0.00458. The number of anilines is 1. The monoisotopic (exact) mass is 368 g/mol. The molecule has 1 aliphatic rings. The van der Waals surface area contributed by atoms with Crippen LogP contribution in [0.5, 0.6) is 5.75 Å². The fourth-order valence-corrected chi connectivity index (χ4v) is 3.85. The summed E-state index contributed by atoms with van der Waals surface area (Å²) >= 11 is 1.48. The zero-order valence-electron chi connectivity index (χ0n) is 14.5. The molecular formula is C19H20N4O2S. The van der Waals surface area contributed by atoms with Gasteiger partial charge in [0.25, 0.3) is 5.91 Å². The average molecular weight is 368 g/mol. The molecule has 7 heteroatoms. The number of benzene rings is 1. The SMILES string of the molecule is COc1cccc(N2CCN(C(=O)c3csc(-n4cccc4)n3)CC2)c1. The molecule has 6 nitrogen and oxygen atoms in total. The van der Waals surface area contributed by atoms with Gasteiger partial charge < -0.3 is 19.1 Å². The number of ether oxygens (including phenoxy) is 1. The first-order valence-electron chi connectivity index (χ1n) is 8.52. The molecule has 1 saturated heterocycles. The molecule has 3 heterocycles. The molecule has 1 aromatic carbocycles. The highest BCUT2D eigenvalue weighted by molar-refractivity contribution is 7.12. The summed E-state index contributed by atoms with van der Waals surface area (Å²) in [5, 5.41) is 2.65. The first-order valence-corrected chi connectivity index (χ1v) is 9.40. The molecule has 1 amide bonds. The van der Waals surface area contributed by atoms with E-state index in [0.29, 0.717) is 18.8 Å². The lowest BCUT2D eigenvalue weighted by molar-refractivity contribution is 0.0741. The van der Waals surface area contributed by atoms with Crippen molar-refractivity contribution in [3.05, 3.63) is 59.9 Å². The van der Waals surface area contributed by atoms with Crippen LogP contribution in [-0.2, 0) is 0 Å². The summed E-state index contributed by atoms with van der Waals surface area (Å²) in [5.74, 6) is 0.853. The Hall–Kier alpha value is -2.80. The highest BCUT2D eigenvalue weighted by atomic mass is 32.1. The lowest BCUT2D eigenvalue weighted by Crippen LogP contribution is -2.48. The number of nitrogens with zero attached hydrogens (tertiary/aromatic N) is 4. The van der Waals surface area contributed by atoms with Crippen LogP contribution in [0.4, 0.5) is 5.69 Å². The van der Waals surface area contributed by atoms with E-state index in [1.165, 1.54) is 11.3 Å². The van der Waals surface area contributed by atoms with E-state index in [0.717, 1.165) is 29.7 Å². The van der Waals surface area contributed by atoms with Crippen molar-refractivity contribution in [2.24, 2.45) is 0 Å². The molecule has 0 unspecified atom stereocenters. The van der Waals surface area contributed by atoms with Crippen molar-refractivity contribution in [3.8, 4) is 10.9 Å². The zero-order chi connectivity index (χ0) is 17.9. The Morgan fingerprint density at radius 3 is 2.62 bits per heavy atom. The summed E-state index contributed by atoms with van der Waals surface area (Å²) in [5.41, 5.74) is 1.65. The van der Waals surface area contributed by atoms with Crippen LogP contribution in [0.3, 0.4) is 0 Å². The summed E-state index contributed by atoms with van der Waals surface area (Å²) in [4.78, 5) is 21.4. The number of thiazole rings is 1. The third-order valence-corrected chi connectivity index (χ3v) is 5.38. The second-order valence-electron chi connectivity index (χ2n) is 6.09. The molecule has 3 aromatic rings. The van der Waals surface area contributed by atoms with Crippen LogP contribution in [-0.4, -0.2) is 53.6 Å². The topological polar surface area (TPSA) is 50.6 Å². The smallest absolute Gasteiger partial charge is 0.273 e. The largest absolute Gasteiger partial charge is 0.497 e. The van der Waals surface area contributed by atoms with Gasteiger partial charge in [0.15, 0.2) is 5.13 Å². The summed E-state index contributed by atoms with van der Waals surface area (Å²) in [6, 6.07) is 11.9. The number of methoxy groups -OCH3 is 1. The van der Waals surface area contributed by atoms with Crippen molar-refractivity contribution in [2.45, 2.75) is 0 Å². The van der Waals surface area contributed by atoms with Crippen molar-refractivity contribution >= 4 is 22.9 Å². The maximum absolute atomic E-state index is 12.7. The van der Waals surface area contributed by atoms with Crippen LogP contribution in [0.1, 0.15) is 10.5 Å². The first-order chi connectivity index (χ1) is 12.7. The third-order valence-electron chi connectivity index (χ3n) is 4.52. The van der Waals surface area contributed by atoms with Crippen LogP contribution in [0.2, 0.25) is 0 Å². The molecule has 0 spiro atoms. The van der Waals surface area contributed by atoms with Crippen molar-refractivity contribution in [2.75, 3.05) is 38.2 Å². The molecular weight excluding hydrogens is 348 g/mol. The standard InChI is InChI=1S/C19H20N4O2S/c1-25-16-6-4-5-15(13-16)21-9-11-22(12-10-21)18(24)17-14-26-19(20-17)23-7-2-3-8-23/h2-8,13-14H,9-12H2,1H3. The van der Waals surface area contributed by atoms with Gasteiger partial charge in [-0.3, -0.25) is 4.79 Å². The predicted molar refractivity (Wildman–Crippen MR) is 103 cm³/mol. The Kier molecular flexibility index (Phi) is 4.62. The number of carbonyl (C=O) groups is 1. The highest BCUT2D eigenvalue weighted by Gasteiger charge is 2.24. The van der Waals surface area contributed by atoms with Crippen molar-refractivity contribution in [1.82, 2.24) is 14.5 Å². The zero-order valence-corrected chi connectivity index (χ0v) is 15.4. The number of amides is 1. The molecule has 0 aliphatic carbocycles. The van der Waals surface area contributed by atoms with E-state index in [4.69, 9.17) is 4.74 Å². The van der Waals surface area contributed by atoms with E-state index in [2.05, 4.69) is 16.0 Å². The minimum Gasteiger partial charge on any atom is -0.497 e. The fraction of sp³-hybridized carbons (Fsp3) is 0.263. The summed E-state index contributed by atoms with van der Waals surface area (Å²) in [6.07, 6.45) is 3.86. The number of rotatable bonds is 4. The molecule has 1 fully saturated rings. The number of piperazine rings is 1. The summed E-state index contributed by atoms with van der Waals surface area (Å²) in [7, 11) is 1.67. The average Bonchev–Trinajstić information content (AvgIpc) is 3.39. The van der Waals surface area contributed by atoms with E-state index in [-0.39, 0.29) is 5.91 Å². The summed E-state index contributed by atoms with van der Waals surface area (Å²) < 4.78 is 7.21. The molecule has 0 saturated carbocycles. The van der Waals surface area contributed by atoms with Crippen LogP contribution in [0.25, 0.3) is 5.13 Å². The van der Waals surface area contributed by atoms with Gasteiger partial charge in [0.1, 0.15) is 11.4 Å². The Morgan fingerprint density at radius 2 is 1.88 bits per heavy atom. The molecule has 26 heavy (non-hydrogen) atoms. The van der Waals surface area contributed by atoms with Crippen LogP contribution in [0.15, 0.2) is 54.2 Å². The quantitative estimate of drug-likeness (QED) is 0.711. The van der Waals surface area contributed by atoms with Gasteiger partial charge in [0, 0.05) is 55.7 Å². The maximum Gasteiger partial charge on any atom is 0.273 e. The Bertz CT molecular complexity index is 883. The van der Waals surface area contributed by atoms with Gasteiger partial charge in [-0.1, -0.05) is 6.07 Å². The molecule has 0 radical (unpaired) electrons.